The molecule has 1 rings (SSSR count). The molecule has 100 valence electrons. The molecular weight excluding hydrogens is 224 g/mol. The van der Waals surface area contributed by atoms with Gasteiger partial charge in [-0.05, 0) is 31.7 Å². The monoisotopic (exact) mass is 249 g/mol. The lowest BCUT2D eigenvalue weighted by Gasteiger charge is -2.15. The molecule has 0 heterocycles. The van der Waals surface area contributed by atoms with E-state index in [9.17, 15) is 4.79 Å². The van der Waals surface area contributed by atoms with Gasteiger partial charge in [0, 0.05) is 5.56 Å². The molecule has 18 heavy (non-hydrogen) atoms. The van der Waals surface area contributed by atoms with Crippen LogP contribution in [0.4, 0.5) is 0 Å². The zero-order valence-corrected chi connectivity index (χ0v) is 11.8. The van der Waals surface area contributed by atoms with E-state index in [1.165, 1.54) is 11.1 Å². The molecule has 0 bridgehead atoms. The highest BCUT2D eigenvalue weighted by atomic mass is 16.1. The molecule has 1 amide bonds. The average molecular weight is 249 g/mol. The Kier molecular flexibility index (Phi) is 5.35. The highest BCUT2D eigenvalue weighted by Gasteiger charge is 2.17. The molecule has 2 atom stereocenters. The number of rotatable bonds is 6. The fourth-order valence-corrected chi connectivity index (χ4v) is 2.07. The zero-order valence-electron chi connectivity index (χ0n) is 11.8. The summed E-state index contributed by atoms with van der Waals surface area (Å²) in [4.78, 5) is 11.0. The predicted octanol–water partition coefficient (Wildman–Crippen LogP) is 1.38. The van der Waals surface area contributed by atoms with Gasteiger partial charge in [-0.15, -0.1) is 0 Å². The van der Waals surface area contributed by atoms with Crippen molar-refractivity contribution in [3.8, 4) is 0 Å². The average Bonchev–Trinajstić information content (AvgIpc) is 2.28. The number of primary amides is 1. The van der Waals surface area contributed by atoms with Crippen LogP contribution in [0, 0.1) is 5.92 Å². The lowest BCUT2D eigenvalue weighted by atomic mass is 9.99. The minimum atomic E-state index is -0.265. The van der Waals surface area contributed by atoms with E-state index in [-0.39, 0.29) is 18.0 Å². The molecule has 0 unspecified atom stereocenters. The number of carbonyl (C=O) groups excluding carboxylic acids is 1. The first-order valence-electron chi connectivity index (χ1n) is 6.63. The maximum atomic E-state index is 11.0. The van der Waals surface area contributed by atoms with E-state index in [0.717, 1.165) is 6.42 Å². The van der Waals surface area contributed by atoms with Crippen molar-refractivity contribution in [2.75, 3.05) is 0 Å². The fraction of sp³-hybridized carbons (Fsp3) is 0.533. The number of quaternary nitrogens is 1. The molecule has 0 saturated heterocycles. The molecular formula is C15H25N2O+. The Morgan fingerprint density at radius 2 is 1.72 bits per heavy atom. The summed E-state index contributed by atoms with van der Waals surface area (Å²) in [6, 6.07) is 8.71. The Balaban J connectivity index is 2.64. The third-order valence-corrected chi connectivity index (χ3v) is 3.18. The second-order valence-electron chi connectivity index (χ2n) is 5.51. The van der Waals surface area contributed by atoms with Gasteiger partial charge < -0.3 is 11.1 Å². The molecule has 4 N–H and O–H groups in total. The molecule has 3 heteroatoms. The Morgan fingerprint density at radius 3 is 2.17 bits per heavy atom. The predicted molar refractivity (Wildman–Crippen MR) is 74.0 cm³/mol. The maximum absolute atomic E-state index is 11.0. The van der Waals surface area contributed by atoms with E-state index in [0.29, 0.717) is 5.92 Å². The summed E-state index contributed by atoms with van der Waals surface area (Å²) in [7, 11) is 0. The molecule has 0 aromatic heterocycles. The highest BCUT2D eigenvalue weighted by molar-refractivity contribution is 5.77. The van der Waals surface area contributed by atoms with Crippen LogP contribution < -0.4 is 11.1 Å². The number of benzene rings is 1. The van der Waals surface area contributed by atoms with E-state index < -0.39 is 0 Å². The molecule has 0 aliphatic rings. The summed E-state index contributed by atoms with van der Waals surface area (Å²) >= 11 is 0. The summed E-state index contributed by atoms with van der Waals surface area (Å²) in [5.74, 6) is 0.410. The molecule has 1 aromatic carbocycles. The Labute approximate surface area is 110 Å². The van der Waals surface area contributed by atoms with Crippen molar-refractivity contribution in [2.45, 2.75) is 46.2 Å². The van der Waals surface area contributed by atoms with Crippen LogP contribution in [0.1, 0.15) is 44.9 Å². The van der Waals surface area contributed by atoms with Crippen molar-refractivity contribution in [2.24, 2.45) is 11.7 Å². The van der Waals surface area contributed by atoms with Gasteiger partial charge in [0.15, 0.2) is 6.04 Å². The fourth-order valence-electron chi connectivity index (χ4n) is 2.07. The quantitative estimate of drug-likeness (QED) is 0.786. The molecule has 1 aromatic rings. The van der Waals surface area contributed by atoms with Gasteiger partial charge in [0.05, 0.1) is 0 Å². The van der Waals surface area contributed by atoms with Crippen LogP contribution in [0.2, 0.25) is 0 Å². The van der Waals surface area contributed by atoms with Crippen molar-refractivity contribution in [3.05, 3.63) is 35.4 Å². The molecule has 3 nitrogen and oxygen atoms in total. The van der Waals surface area contributed by atoms with Gasteiger partial charge in [-0.25, -0.2) is 0 Å². The normalized spacial score (nSPS) is 14.5. The summed E-state index contributed by atoms with van der Waals surface area (Å²) in [6.07, 6.45) is 1.11. The van der Waals surface area contributed by atoms with Gasteiger partial charge in [0.1, 0.15) is 6.04 Å². The zero-order chi connectivity index (χ0) is 13.7. The van der Waals surface area contributed by atoms with Crippen molar-refractivity contribution >= 4 is 5.91 Å². The lowest BCUT2D eigenvalue weighted by Crippen LogP contribution is -2.92. The SMILES string of the molecule is CC(C)Cc1ccc([C@H](C)[NH2+][C@H](C)C(N)=O)cc1. The summed E-state index contributed by atoms with van der Waals surface area (Å²) in [5, 5.41) is 2.00. The maximum Gasteiger partial charge on any atom is 0.275 e. The van der Waals surface area contributed by atoms with Crippen molar-refractivity contribution in [1.29, 1.82) is 0 Å². The standard InChI is InChI=1S/C15H24N2O/c1-10(2)9-13-5-7-14(8-6-13)11(3)17-12(4)15(16)18/h5-8,10-12,17H,9H2,1-4H3,(H2,16,18)/p+1/t11-,12+/m0/s1. The first kappa shape index (κ1) is 14.7. The van der Waals surface area contributed by atoms with Gasteiger partial charge in [0.2, 0.25) is 0 Å². The largest absolute Gasteiger partial charge is 0.365 e. The third-order valence-electron chi connectivity index (χ3n) is 3.18. The van der Waals surface area contributed by atoms with Crippen LogP contribution in [-0.4, -0.2) is 11.9 Å². The molecule has 0 fully saturated rings. The van der Waals surface area contributed by atoms with E-state index in [2.05, 4.69) is 45.0 Å². The minimum absolute atomic E-state index is 0.185. The van der Waals surface area contributed by atoms with Crippen molar-refractivity contribution in [1.82, 2.24) is 0 Å². The van der Waals surface area contributed by atoms with Crippen LogP contribution in [0.15, 0.2) is 24.3 Å². The topological polar surface area (TPSA) is 59.7 Å². The Bertz CT molecular complexity index is 384. The first-order chi connectivity index (χ1) is 8.40. The number of nitrogens with two attached hydrogens (primary N) is 2. The smallest absolute Gasteiger partial charge is 0.275 e. The third kappa shape index (κ3) is 4.49. The number of carbonyl (C=O) groups is 1. The van der Waals surface area contributed by atoms with Crippen LogP contribution in [0.25, 0.3) is 0 Å². The van der Waals surface area contributed by atoms with Crippen molar-refractivity contribution in [3.63, 3.8) is 0 Å². The number of hydrogen-bond acceptors (Lipinski definition) is 1. The number of hydrogen-bond donors (Lipinski definition) is 2. The van der Waals surface area contributed by atoms with E-state index in [1.54, 1.807) is 0 Å². The second-order valence-corrected chi connectivity index (χ2v) is 5.51. The Hall–Kier alpha value is -1.35. The van der Waals surface area contributed by atoms with Crippen LogP contribution in [-0.2, 0) is 11.2 Å². The van der Waals surface area contributed by atoms with Gasteiger partial charge >= 0.3 is 0 Å². The van der Waals surface area contributed by atoms with Gasteiger partial charge in [-0.1, -0.05) is 38.1 Å². The molecule has 0 aliphatic heterocycles. The van der Waals surface area contributed by atoms with Gasteiger partial charge in [-0.2, -0.15) is 0 Å². The second kappa shape index (κ2) is 6.55. The molecule has 0 aliphatic carbocycles. The summed E-state index contributed by atoms with van der Waals surface area (Å²) in [5.41, 5.74) is 7.87. The Morgan fingerprint density at radius 1 is 1.17 bits per heavy atom. The van der Waals surface area contributed by atoms with Crippen LogP contribution in [0.5, 0.6) is 0 Å². The van der Waals surface area contributed by atoms with Crippen LogP contribution >= 0.6 is 0 Å². The first-order valence-corrected chi connectivity index (χ1v) is 6.63. The minimum Gasteiger partial charge on any atom is -0.365 e. The van der Waals surface area contributed by atoms with Gasteiger partial charge in [0.25, 0.3) is 5.91 Å². The molecule has 0 radical (unpaired) electrons. The molecule has 0 spiro atoms. The van der Waals surface area contributed by atoms with E-state index in [1.807, 2.05) is 12.2 Å². The van der Waals surface area contributed by atoms with Crippen LogP contribution in [0.3, 0.4) is 0 Å². The van der Waals surface area contributed by atoms with Crippen molar-refractivity contribution < 1.29 is 10.1 Å². The van der Waals surface area contributed by atoms with Gasteiger partial charge in [-0.3, -0.25) is 4.79 Å². The summed E-state index contributed by atoms with van der Waals surface area (Å²) in [6.45, 7) is 8.38. The lowest BCUT2D eigenvalue weighted by molar-refractivity contribution is -0.710. The number of amides is 1. The van der Waals surface area contributed by atoms with E-state index in [4.69, 9.17) is 5.73 Å². The molecule has 0 saturated carbocycles. The summed E-state index contributed by atoms with van der Waals surface area (Å²) < 4.78 is 0. The highest BCUT2D eigenvalue weighted by Crippen LogP contribution is 2.13. The van der Waals surface area contributed by atoms with E-state index >= 15 is 0 Å².